The highest BCUT2D eigenvalue weighted by Gasteiger charge is 2.10. The van der Waals surface area contributed by atoms with Crippen LogP contribution in [0.2, 0.25) is 0 Å². The fraction of sp³-hybridized carbons (Fsp3) is 0.769. The summed E-state index contributed by atoms with van der Waals surface area (Å²) in [6, 6.07) is 0. The van der Waals surface area contributed by atoms with Gasteiger partial charge in [-0.1, -0.05) is 33.8 Å². The number of ether oxygens (including phenoxy) is 1. The molecule has 0 rings (SSSR count). The van der Waals surface area contributed by atoms with Gasteiger partial charge in [0.1, 0.15) is 5.76 Å². The molecule has 0 atom stereocenters. The minimum absolute atomic E-state index is 0.0316. The van der Waals surface area contributed by atoms with E-state index in [1.807, 2.05) is 0 Å². The number of esters is 1. The number of rotatable bonds is 7. The molecule has 3 nitrogen and oxygen atoms in total. The molecular weight excluding hydrogens is 204 g/mol. The van der Waals surface area contributed by atoms with Gasteiger partial charge in [0.2, 0.25) is 0 Å². The number of aliphatic hydroxyl groups excluding tert-OH is 1. The van der Waals surface area contributed by atoms with E-state index in [1.165, 1.54) is 0 Å². The molecule has 0 aromatic carbocycles. The Morgan fingerprint density at radius 2 is 1.88 bits per heavy atom. The van der Waals surface area contributed by atoms with Crippen LogP contribution in [0.15, 0.2) is 12.3 Å². The van der Waals surface area contributed by atoms with E-state index in [-0.39, 0.29) is 12.6 Å². The number of carbonyl (C=O) groups excluding carboxylic acids is 1. The molecule has 0 aromatic rings. The maximum atomic E-state index is 11.3. The van der Waals surface area contributed by atoms with Crippen molar-refractivity contribution in [2.24, 2.45) is 5.41 Å². The molecule has 16 heavy (non-hydrogen) atoms. The Morgan fingerprint density at radius 3 is 2.38 bits per heavy atom. The van der Waals surface area contributed by atoms with Crippen LogP contribution >= 0.6 is 0 Å². The van der Waals surface area contributed by atoms with Crippen LogP contribution in [-0.2, 0) is 9.53 Å². The third-order valence-electron chi connectivity index (χ3n) is 2.21. The van der Waals surface area contributed by atoms with Crippen LogP contribution in [0.3, 0.4) is 0 Å². The molecule has 1 N–H and O–H groups in total. The third kappa shape index (κ3) is 9.71. The van der Waals surface area contributed by atoms with Gasteiger partial charge in [-0.3, -0.25) is 4.79 Å². The molecule has 0 aliphatic carbocycles. The van der Waals surface area contributed by atoms with Crippen LogP contribution in [-0.4, -0.2) is 17.7 Å². The highest BCUT2D eigenvalue weighted by atomic mass is 16.5. The van der Waals surface area contributed by atoms with Crippen molar-refractivity contribution in [2.45, 2.75) is 52.9 Å². The predicted molar refractivity (Wildman–Crippen MR) is 64.9 cm³/mol. The van der Waals surface area contributed by atoms with Crippen molar-refractivity contribution >= 4 is 5.97 Å². The Bertz CT molecular complexity index is 226. The maximum Gasteiger partial charge on any atom is 0.310 e. The minimum Gasteiger partial charge on any atom is -0.432 e. The van der Waals surface area contributed by atoms with E-state index >= 15 is 0 Å². The number of hydrogen-bond acceptors (Lipinski definition) is 3. The maximum absolute atomic E-state index is 11.3. The van der Waals surface area contributed by atoms with Crippen molar-refractivity contribution in [3.63, 3.8) is 0 Å². The van der Waals surface area contributed by atoms with Crippen LogP contribution in [0.5, 0.6) is 0 Å². The molecule has 0 heterocycles. The van der Waals surface area contributed by atoms with E-state index in [9.17, 15) is 4.79 Å². The van der Waals surface area contributed by atoms with E-state index in [4.69, 9.17) is 9.84 Å². The van der Waals surface area contributed by atoms with E-state index in [0.717, 1.165) is 19.3 Å². The number of hydrogen-bond donors (Lipinski definition) is 1. The van der Waals surface area contributed by atoms with Crippen LogP contribution < -0.4 is 0 Å². The second kappa shape index (κ2) is 7.44. The van der Waals surface area contributed by atoms with Gasteiger partial charge in [0, 0.05) is 12.8 Å². The van der Waals surface area contributed by atoms with Crippen molar-refractivity contribution in [1.82, 2.24) is 0 Å². The van der Waals surface area contributed by atoms with E-state index in [0.29, 0.717) is 24.0 Å². The summed E-state index contributed by atoms with van der Waals surface area (Å²) in [6.45, 7) is 10.1. The second-order valence-electron chi connectivity index (χ2n) is 5.25. The average molecular weight is 228 g/mol. The Morgan fingerprint density at radius 1 is 1.25 bits per heavy atom. The van der Waals surface area contributed by atoms with Gasteiger partial charge in [-0.25, -0.2) is 0 Å². The summed E-state index contributed by atoms with van der Waals surface area (Å²) in [5, 5.41) is 8.60. The first kappa shape index (κ1) is 15.2. The van der Waals surface area contributed by atoms with Gasteiger partial charge in [0.25, 0.3) is 0 Å². The smallest absolute Gasteiger partial charge is 0.310 e. The molecular formula is C13H24O3. The molecule has 0 aliphatic heterocycles. The quantitative estimate of drug-likeness (QED) is 0.414. The summed E-state index contributed by atoms with van der Waals surface area (Å²) < 4.78 is 4.93. The SMILES string of the molecule is C=C(CCO)OC(=O)CCCCC(C)(C)C. The van der Waals surface area contributed by atoms with Crippen LogP contribution in [0.4, 0.5) is 0 Å². The van der Waals surface area contributed by atoms with Crippen LogP contribution in [0.25, 0.3) is 0 Å². The third-order valence-corrected chi connectivity index (χ3v) is 2.21. The van der Waals surface area contributed by atoms with Gasteiger partial charge in [0.05, 0.1) is 6.61 Å². The summed E-state index contributed by atoms with van der Waals surface area (Å²) in [7, 11) is 0. The minimum atomic E-state index is -0.243. The Labute approximate surface area is 98.5 Å². The largest absolute Gasteiger partial charge is 0.432 e. The lowest BCUT2D eigenvalue weighted by Gasteiger charge is -2.17. The van der Waals surface area contributed by atoms with Crippen LogP contribution in [0.1, 0.15) is 52.9 Å². The Kier molecular flexibility index (Phi) is 7.06. The monoisotopic (exact) mass is 228 g/mol. The molecule has 0 bridgehead atoms. The summed E-state index contributed by atoms with van der Waals surface area (Å²) >= 11 is 0. The first-order chi connectivity index (χ1) is 7.35. The lowest BCUT2D eigenvalue weighted by atomic mass is 9.89. The summed E-state index contributed by atoms with van der Waals surface area (Å²) in [5.41, 5.74) is 0.324. The van der Waals surface area contributed by atoms with Gasteiger partial charge < -0.3 is 9.84 Å². The molecule has 0 aromatic heterocycles. The molecule has 0 unspecified atom stereocenters. The van der Waals surface area contributed by atoms with E-state index in [1.54, 1.807) is 0 Å². The zero-order valence-corrected chi connectivity index (χ0v) is 10.7. The van der Waals surface area contributed by atoms with Crippen molar-refractivity contribution in [3.8, 4) is 0 Å². The molecule has 3 heteroatoms. The molecule has 94 valence electrons. The van der Waals surface area contributed by atoms with E-state index < -0.39 is 0 Å². The molecule has 0 spiro atoms. The first-order valence-corrected chi connectivity index (χ1v) is 5.84. The normalized spacial score (nSPS) is 11.2. The van der Waals surface area contributed by atoms with Crippen molar-refractivity contribution in [1.29, 1.82) is 0 Å². The molecule has 0 amide bonds. The second-order valence-corrected chi connectivity index (χ2v) is 5.25. The lowest BCUT2D eigenvalue weighted by molar-refractivity contribution is -0.139. The Hall–Kier alpha value is -0.830. The number of aliphatic hydroxyl groups is 1. The van der Waals surface area contributed by atoms with Crippen molar-refractivity contribution in [2.75, 3.05) is 6.61 Å². The average Bonchev–Trinajstić information content (AvgIpc) is 2.11. The number of carbonyl (C=O) groups is 1. The predicted octanol–water partition coefficient (Wildman–Crippen LogP) is 3.03. The summed E-state index contributed by atoms with van der Waals surface area (Å²) in [4.78, 5) is 11.3. The van der Waals surface area contributed by atoms with Crippen molar-refractivity contribution in [3.05, 3.63) is 12.3 Å². The fourth-order valence-corrected chi connectivity index (χ4v) is 1.31. The van der Waals surface area contributed by atoms with Crippen molar-refractivity contribution < 1.29 is 14.6 Å². The molecule has 0 aliphatic rings. The summed E-state index contributed by atoms with van der Waals surface area (Å²) in [6.07, 6.45) is 3.75. The molecule has 0 radical (unpaired) electrons. The highest BCUT2D eigenvalue weighted by molar-refractivity contribution is 5.70. The Balaban J connectivity index is 3.55. The molecule has 0 fully saturated rings. The first-order valence-electron chi connectivity index (χ1n) is 5.84. The molecule has 0 saturated carbocycles. The van der Waals surface area contributed by atoms with Gasteiger partial charge in [0.15, 0.2) is 0 Å². The zero-order chi connectivity index (χ0) is 12.6. The number of unbranched alkanes of at least 4 members (excludes halogenated alkanes) is 1. The topological polar surface area (TPSA) is 46.5 Å². The zero-order valence-electron chi connectivity index (χ0n) is 10.7. The van der Waals surface area contributed by atoms with Gasteiger partial charge in [-0.15, -0.1) is 0 Å². The molecule has 0 saturated heterocycles. The van der Waals surface area contributed by atoms with E-state index in [2.05, 4.69) is 27.4 Å². The summed E-state index contributed by atoms with van der Waals surface area (Å²) in [5.74, 6) is 0.107. The van der Waals surface area contributed by atoms with Gasteiger partial charge in [-0.2, -0.15) is 0 Å². The van der Waals surface area contributed by atoms with Gasteiger partial charge in [-0.05, 0) is 18.3 Å². The van der Waals surface area contributed by atoms with Gasteiger partial charge >= 0.3 is 5.97 Å². The highest BCUT2D eigenvalue weighted by Crippen LogP contribution is 2.22. The lowest BCUT2D eigenvalue weighted by Crippen LogP contribution is -2.07. The standard InChI is InChI=1S/C13H24O3/c1-11(8-10-14)16-12(15)7-5-6-9-13(2,3)4/h14H,1,5-10H2,2-4H3. The van der Waals surface area contributed by atoms with Crippen LogP contribution in [0, 0.1) is 5.41 Å². The fourth-order valence-electron chi connectivity index (χ4n) is 1.31.